The van der Waals surface area contributed by atoms with Crippen LogP contribution in [0.1, 0.15) is 412 Å². The Morgan fingerprint density at radius 3 is 0.833 bits per heavy atom. The van der Waals surface area contributed by atoms with Crippen molar-refractivity contribution < 1.29 is 42.1 Å². The Hall–Kier alpha value is -3.33. The SMILES string of the molecule is CC/C=C\C/C=C\C/C=C\C/C=C\C/C=C\C/C=C\CCCCCCCCCCCCCCCCCCCCCCCCC(=O)OC(COC(=O)CCCCCCCCCCCCCCCCCCCCCCCC/C=C\C/C=C\C/C=C\CCCCCCC)COP(=O)(O)OCC[N+](C)(C)C. The van der Waals surface area contributed by atoms with Gasteiger partial charge in [-0.15, -0.1) is 0 Å². The lowest BCUT2D eigenvalue weighted by atomic mass is 10.0. The maximum absolute atomic E-state index is 12.9. The summed E-state index contributed by atoms with van der Waals surface area (Å²) in [7, 11) is 1.49. The first kappa shape index (κ1) is 98.7. The minimum absolute atomic E-state index is 0.0321. The molecule has 0 heterocycles. The van der Waals surface area contributed by atoms with E-state index in [0.29, 0.717) is 23.9 Å². The number of allylic oxidation sites excluding steroid dienone is 18. The van der Waals surface area contributed by atoms with Gasteiger partial charge >= 0.3 is 19.8 Å². The van der Waals surface area contributed by atoms with E-state index in [9.17, 15) is 19.0 Å². The molecule has 102 heavy (non-hydrogen) atoms. The normalized spacial score (nSPS) is 13.5. The number of quaternary nitrogens is 1. The van der Waals surface area contributed by atoms with Gasteiger partial charge in [0.15, 0.2) is 6.10 Å². The van der Waals surface area contributed by atoms with Gasteiger partial charge in [0.1, 0.15) is 19.8 Å². The van der Waals surface area contributed by atoms with Crippen molar-refractivity contribution >= 4 is 19.8 Å². The van der Waals surface area contributed by atoms with Crippen LogP contribution in [0.4, 0.5) is 0 Å². The number of phosphoric acid groups is 1. The minimum atomic E-state index is -4.40. The van der Waals surface area contributed by atoms with Gasteiger partial charge in [-0.1, -0.05) is 406 Å². The lowest BCUT2D eigenvalue weighted by Crippen LogP contribution is -2.37. The molecule has 0 amide bonds. The fourth-order valence-corrected chi connectivity index (χ4v) is 13.4. The van der Waals surface area contributed by atoms with E-state index in [1.165, 1.54) is 295 Å². The lowest BCUT2D eigenvalue weighted by molar-refractivity contribution is -0.870. The number of nitrogens with zero attached hydrogens (tertiary/aromatic N) is 1. The molecule has 10 heteroatoms. The molecule has 0 aromatic heterocycles. The Morgan fingerprint density at radius 2 is 0.559 bits per heavy atom. The van der Waals surface area contributed by atoms with Gasteiger partial charge in [-0.3, -0.25) is 18.6 Å². The zero-order valence-corrected chi connectivity index (χ0v) is 68.7. The molecule has 0 saturated heterocycles. The monoisotopic (exact) mass is 1450 g/mol. The Bertz CT molecular complexity index is 2100. The maximum atomic E-state index is 12.9. The summed E-state index contributed by atoms with van der Waals surface area (Å²) in [4.78, 5) is 36.1. The molecule has 0 radical (unpaired) electrons. The van der Waals surface area contributed by atoms with Gasteiger partial charge in [-0.05, 0) is 103 Å². The first-order valence-electron chi connectivity index (χ1n) is 43.6. The average Bonchev–Trinajstić information content (AvgIpc) is 0.916. The van der Waals surface area contributed by atoms with Crippen molar-refractivity contribution in [3.8, 4) is 0 Å². The van der Waals surface area contributed by atoms with Gasteiger partial charge in [-0.2, -0.15) is 0 Å². The second-order valence-corrected chi connectivity index (χ2v) is 32.0. The van der Waals surface area contributed by atoms with E-state index < -0.39 is 26.5 Å². The van der Waals surface area contributed by atoms with Crippen LogP contribution in [0.3, 0.4) is 0 Å². The number of rotatable bonds is 81. The van der Waals surface area contributed by atoms with Crippen molar-refractivity contribution in [3.05, 3.63) is 109 Å². The van der Waals surface area contributed by atoms with E-state index in [0.717, 1.165) is 83.5 Å². The van der Waals surface area contributed by atoms with Crippen molar-refractivity contribution in [2.75, 3.05) is 47.5 Å². The van der Waals surface area contributed by atoms with E-state index in [4.69, 9.17) is 18.5 Å². The van der Waals surface area contributed by atoms with Crippen molar-refractivity contribution in [2.24, 2.45) is 0 Å². The molecule has 0 aromatic rings. The molecular formula is C92H167NO8P+. The summed E-state index contributed by atoms with van der Waals surface area (Å²) >= 11 is 0. The predicted molar refractivity (Wildman–Crippen MR) is 445 cm³/mol. The highest BCUT2D eigenvalue weighted by atomic mass is 31.2. The number of unbranched alkanes of at least 4 members (excludes halogenated alkanes) is 49. The first-order valence-corrected chi connectivity index (χ1v) is 45.1. The van der Waals surface area contributed by atoms with Gasteiger partial charge < -0.3 is 18.9 Å². The highest BCUT2D eigenvalue weighted by molar-refractivity contribution is 7.47. The van der Waals surface area contributed by atoms with Gasteiger partial charge in [0.05, 0.1) is 27.7 Å². The standard InChI is InChI=1S/C92H166NO8P/c1-6-8-10-12-14-16-18-20-22-24-26-28-30-32-34-36-38-40-42-44-45-46-47-49-51-53-55-57-59-61-63-65-67-69-71-73-75-77-79-81-83-85-92(95)101-90(89-100-102(96,97)99-87-86-93(3,4)5)88-98-91(94)84-82-80-78-76-74-72-70-68-66-64-62-60-58-56-54-52-50-48-43-41-39-37-35-33-31-29-27-25-23-21-19-17-15-13-11-9-7-2/h8,10,14,16,19-22,25-28,31-34,38,40,90H,6-7,9,11-13,15,17-18,23-24,29-30,35-37,39,41-89H2,1-5H3/p+1/b10-8-,16-14-,21-19-,22-20-,27-25-,28-26-,33-31-,34-32-,40-38-. The molecule has 0 aliphatic rings. The third-order valence-electron chi connectivity index (χ3n) is 19.3. The summed E-state index contributed by atoms with van der Waals surface area (Å²) in [5, 5.41) is 0. The van der Waals surface area contributed by atoms with Crippen LogP contribution in [-0.2, 0) is 32.7 Å². The van der Waals surface area contributed by atoms with E-state index in [1.54, 1.807) is 0 Å². The summed E-state index contributed by atoms with van der Waals surface area (Å²) in [6.07, 6.45) is 117. The fraction of sp³-hybridized carbons (Fsp3) is 0.783. The third-order valence-corrected chi connectivity index (χ3v) is 20.3. The van der Waals surface area contributed by atoms with Gasteiger partial charge in [0, 0.05) is 12.8 Å². The van der Waals surface area contributed by atoms with Crippen LogP contribution in [0.2, 0.25) is 0 Å². The number of hydrogen-bond acceptors (Lipinski definition) is 7. The number of likely N-dealkylation sites (N-methyl/N-ethyl adjacent to an activating group) is 1. The molecule has 0 fully saturated rings. The predicted octanol–water partition coefficient (Wildman–Crippen LogP) is 29.5. The minimum Gasteiger partial charge on any atom is -0.462 e. The van der Waals surface area contributed by atoms with Crippen molar-refractivity contribution in [3.63, 3.8) is 0 Å². The molecule has 1 N–H and O–H groups in total. The Balaban J connectivity index is 3.89. The molecule has 2 atom stereocenters. The van der Waals surface area contributed by atoms with Gasteiger partial charge in [0.2, 0.25) is 0 Å². The molecule has 0 aliphatic carbocycles. The fourth-order valence-electron chi connectivity index (χ4n) is 12.7. The number of phosphoric ester groups is 1. The zero-order chi connectivity index (χ0) is 74.0. The molecule has 0 spiro atoms. The highest BCUT2D eigenvalue weighted by Gasteiger charge is 2.27. The van der Waals surface area contributed by atoms with Crippen molar-refractivity contribution in [1.29, 1.82) is 0 Å². The Kier molecular flexibility index (Phi) is 79.1. The molecular weight excluding hydrogens is 1280 g/mol. The second-order valence-electron chi connectivity index (χ2n) is 30.5. The topological polar surface area (TPSA) is 108 Å². The third kappa shape index (κ3) is 85.6. The number of esters is 2. The molecule has 0 bridgehead atoms. The lowest BCUT2D eigenvalue weighted by Gasteiger charge is -2.24. The number of ether oxygens (including phenoxy) is 2. The van der Waals surface area contributed by atoms with Crippen LogP contribution in [0, 0.1) is 0 Å². The van der Waals surface area contributed by atoms with Crippen molar-refractivity contribution in [2.45, 2.75) is 418 Å². The van der Waals surface area contributed by atoms with Crippen molar-refractivity contribution in [1.82, 2.24) is 0 Å². The summed E-state index contributed by atoms with van der Waals surface area (Å²) < 4.78 is 34.9. The maximum Gasteiger partial charge on any atom is 0.472 e. The smallest absolute Gasteiger partial charge is 0.462 e. The van der Waals surface area contributed by atoms with E-state index in [1.807, 2.05) is 21.1 Å². The summed E-state index contributed by atoms with van der Waals surface area (Å²) in [5.74, 6) is -0.777. The molecule has 0 saturated carbocycles. The zero-order valence-electron chi connectivity index (χ0n) is 67.8. The summed E-state index contributed by atoms with van der Waals surface area (Å²) in [6.45, 7) is 4.37. The molecule has 9 nitrogen and oxygen atoms in total. The highest BCUT2D eigenvalue weighted by Crippen LogP contribution is 2.43. The largest absolute Gasteiger partial charge is 0.472 e. The van der Waals surface area contributed by atoms with Crippen LogP contribution < -0.4 is 0 Å². The van der Waals surface area contributed by atoms with E-state index in [2.05, 4.69) is 123 Å². The van der Waals surface area contributed by atoms with Gasteiger partial charge in [-0.25, -0.2) is 4.57 Å². The second kappa shape index (κ2) is 81.7. The summed E-state index contributed by atoms with van der Waals surface area (Å²) in [5.41, 5.74) is 0. The Labute approximate surface area is 633 Å². The van der Waals surface area contributed by atoms with E-state index >= 15 is 0 Å². The number of carbonyl (C=O) groups excluding carboxylic acids is 2. The average molecular weight is 1450 g/mol. The summed E-state index contributed by atoms with van der Waals surface area (Å²) in [6, 6.07) is 0. The quantitative estimate of drug-likeness (QED) is 0.0211. The van der Waals surface area contributed by atoms with Crippen LogP contribution >= 0.6 is 7.82 Å². The van der Waals surface area contributed by atoms with Crippen LogP contribution in [0.25, 0.3) is 0 Å². The van der Waals surface area contributed by atoms with Crippen LogP contribution in [0.5, 0.6) is 0 Å². The molecule has 0 aliphatic heterocycles. The van der Waals surface area contributed by atoms with E-state index in [-0.39, 0.29) is 25.6 Å². The molecule has 592 valence electrons. The first-order chi connectivity index (χ1) is 50.0. The van der Waals surface area contributed by atoms with Crippen LogP contribution in [0.15, 0.2) is 109 Å². The number of carbonyl (C=O) groups is 2. The van der Waals surface area contributed by atoms with Crippen LogP contribution in [-0.4, -0.2) is 74.9 Å². The molecule has 2 unspecified atom stereocenters. The molecule has 0 rings (SSSR count). The van der Waals surface area contributed by atoms with Gasteiger partial charge in [0.25, 0.3) is 0 Å². The Morgan fingerprint density at radius 1 is 0.314 bits per heavy atom. The molecule has 0 aromatic carbocycles. The number of hydrogen-bond donors (Lipinski definition) is 1.